The number of nitrogens with zero attached hydrogens (tertiary/aromatic N) is 3. The largest absolute Gasteiger partial charge is 0.355 e. The van der Waals surface area contributed by atoms with E-state index in [2.05, 4.69) is 15.3 Å². The zero-order valence-corrected chi connectivity index (χ0v) is 14.6. The Morgan fingerprint density at radius 1 is 1.17 bits per heavy atom. The zero-order chi connectivity index (χ0) is 17.6. The van der Waals surface area contributed by atoms with Gasteiger partial charge in [-0.1, -0.05) is 43.6 Å². The number of nitrogens with two attached hydrogens (primary N) is 1. The summed E-state index contributed by atoms with van der Waals surface area (Å²) in [7, 11) is 0. The molecule has 0 spiro atoms. The van der Waals surface area contributed by atoms with Gasteiger partial charge in [0.1, 0.15) is 5.78 Å². The van der Waals surface area contributed by atoms with Crippen LogP contribution >= 0.6 is 0 Å². The molecular formula is C17H31N5O2. The molecule has 0 aromatic rings. The van der Waals surface area contributed by atoms with Crippen LogP contribution in [0.1, 0.15) is 70.6 Å². The van der Waals surface area contributed by atoms with E-state index in [-0.39, 0.29) is 17.6 Å². The Bertz CT molecular complexity index is 435. The minimum absolute atomic E-state index is 0.151. The number of ketones is 1. The highest BCUT2D eigenvalue weighted by Gasteiger charge is 2.31. The van der Waals surface area contributed by atoms with Gasteiger partial charge < -0.3 is 11.1 Å². The van der Waals surface area contributed by atoms with Gasteiger partial charge in [0, 0.05) is 30.3 Å². The van der Waals surface area contributed by atoms with Crippen molar-refractivity contribution in [1.82, 2.24) is 5.32 Å². The van der Waals surface area contributed by atoms with Gasteiger partial charge in [-0.25, -0.2) is 0 Å². The van der Waals surface area contributed by atoms with Gasteiger partial charge in [0.05, 0.1) is 6.04 Å². The van der Waals surface area contributed by atoms with Crippen molar-refractivity contribution < 1.29 is 9.59 Å². The highest BCUT2D eigenvalue weighted by molar-refractivity contribution is 5.91. The Morgan fingerprint density at radius 2 is 1.79 bits per heavy atom. The molecule has 0 aromatic heterocycles. The molecule has 1 amide bonds. The second kappa shape index (κ2) is 12.8. The number of amides is 1. The molecule has 0 bridgehead atoms. The van der Waals surface area contributed by atoms with Crippen LogP contribution in [0.25, 0.3) is 10.4 Å². The zero-order valence-electron chi connectivity index (χ0n) is 14.6. The average Bonchev–Trinajstić information content (AvgIpc) is 2.74. The maximum Gasteiger partial charge on any atom is 0.237 e. The van der Waals surface area contributed by atoms with E-state index in [0.717, 1.165) is 38.5 Å². The van der Waals surface area contributed by atoms with Crippen LogP contribution in [0.3, 0.4) is 0 Å². The van der Waals surface area contributed by atoms with Crippen molar-refractivity contribution in [2.75, 3.05) is 13.1 Å². The van der Waals surface area contributed by atoms with Gasteiger partial charge in [-0.3, -0.25) is 9.59 Å². The highest BCUT2D eigenvalue weighted by Crippen LogP contribution is 2.18. The lowest BCUT2D eigenvalue weighted by Gasteiger charge is -2.18. The summed E-state index contributed by atoms with van der Waals surface area (Å²) >= 11 is 0. The fourth-order valence-corrected chi connectivity index (χ4v) is 3.15. The SMILES string of the molecule is [N-]=[N+]=NCCCCCCCCCCC(=O)C1CCCNC(=O)[C@H]1N. The summed E-state index contributed by atoms with van der Waals surface area (Å²) in [5.74, 6) is -0.340. The van der Waals surface area contributed by atoms with Gasteiger partial charge in [-0.15, -0.1) is 0 Å². The molecular weight excluding hydrogens is 306 g/mol. The summed E-state index contributed by atoms with van der Waals surface area (Å²) in [6.45, 7) is 1.22. The minimum atomic E-state index is -0.676. The number of rotatable bonds is 12. The summed E-state index contributed by atoms with van der Waals surface area (Å²) in [5, 5.41) is 6.27. The van der Waals surface area contributed by atoms with Crippen LogP contribution in [0.15, 0.2) is 5.11 Å². The third kappa shape index (κ3) is 8.31. The van der Waals surface area contributed by atoms with Crippen LogP contribution in [-0.4, -0.2) is 30.8 Å². The number of azide groups is 1. The van der Waals surface area contributed by atoms with E-state index in [4.69, 9.17) is 11.3 Å². The normalized spacial score (nSPS) is 20.8. The molecule has 1 heterocycles. The van der Waals surface area contributed by atoms with E-state index in [1.807, 2.05) is 0 Å². The van der Waals surface area contributed by atoms with Crippen LogP contribution in [0, 0.1) is 5.92 Å². The van der Waals surface area contributed by atoms with Gasteiger partial charge in [0.25, 0.3) is 0 Å². The first-order valence-electron chi connectivity index (χ1n) is 9.23. The van der Waals surface area contributed by atoms with Crippen LogP contribution in [0.5, 0.6) is 0 Å². The number of unbranched alkanes of at least 4 members (excludes halogenated alkanes) is 7. The summed E-state index contributed by atoms with van der Waals surface area (Å²) in [5.41, 5.74) is 14.1. The molecule has 1 aliphatic heterocycles. The molecule has 1 rings (SSSR count). The van der Waals surface area contributed by atoms with Gasteiger partial charge >= 0.3 is 0 Å². The van der Waals surface area contributed by atoms with Gasteiger partial charge in [0.2, 0.25) is 5.91 Å². The molecule has 1 saturated heterocycles. The lowest BCUT2D eigenvalue weighted by molar-refractivity contribution is -0.129. The highest BCUT2D eigenvalue weighted by atomic mass is 16.2. The molecule has 0 aliphatic carbocycles. The van der Waals surface area contributed by atoms with E-state index < -0.39 is 6.04 Å². The summed E-state index contributed by atoms with van der Waals surface area (Å²) in [4.78, 5) is 26.7. The summed E-state index contributed by atoms with van der Waals surface area (Å²) in [6.07, 6.45) is 10.8. The first-order chi connectivity index (χ1) is 11.7. The standard InChI is InChI=1S/C17H31N5O2/c18-16-14(10-9-12-20-17(16)24)15(23)11-7-5-3-1-2-4-6-8-13-21-22-19/h14,16H,1-13,18H2,(H,20,24)/t14?,16-/m0/s1. The maximum absolute atomic E-state index is 12.3. The third-order valence-electron chi connectivity index (χ3n) is 4.64. The smallest absolute Gasteiger partial charge is 0.237 e. The lowest BCUT2D eigenvalue weighted by Crippen LogP contribution is -2.45. The van der Waals surface area contributed by atoms with Gasteiger partial charge in [0.15, 0.2) is 0 Å². The number of Topliss-reactive ketones (excluding diaryl/α,β-unsaturated/α-hetero) is 1. The Balaban J connectivity index is 2.03. The molecule has 0 saturated carbocycles. The van der Waals surface area contributed by atoms with E-state index in [0.29, 0.717) is 25.9 Å². The van der Waals surface area contributed by atoms with Crippen LogP contribution in [0.2, 0.25) is 0 Å². The Morgan fingerprint density at radius 3 is 2.46 bits per heavy atom. The quantitative estimate of drug-likeness (QED) is 0.246. The molecule has 136 valence electrons. The number of hydrogen-bond acceptors (Lipinski definition) is 4. The van der Waals surface area contributed by atoms with E-state index in [1.54, 1.807) is 0 Å². The van der Waals surface area contributed by atoms with Gasteiger partial charge in [-0.2, -0.15) is 0 Å². The van der Waals surface area contributed by atoms with E-state index in [1.165, 1.54) is 19.3 Å². The van der Waals surface area contributed by atoms with Gasteiger partial charge in [-0.05, 0) is 31.2 Å². The number of carbonyl (C=O) groups is 2. The lowest BCUT2D eigenvalue weighted by atomic mass is 9.89. The monoisotopic (exact) mass is 337 g/mol. The van der Waals surface area contributed by atoms with E-state index in [9.17, 15) is 9.59 Å². The first-order valence-corrected chi connectivity index (χ1v) is 9.23. The second-order valence-electron chi connectivity index (χ2n) is 6.56. The number of carbonyl (C=O) groups excluding carboxylic acids is 2. The fraction of sp³-hybridized carbons (Fsp3) is 0.882. The fourth-order valence-electron chi connectivity index (χ4n) is 3.15. The van der Waals surface area contributed by atoms with Crippen molar-refractivity contribution in [2.24, 2.45) is 16.8 Å². The molecule has 24 heavy (non-hydrogen) atoms. The van der Waals surface area contributed by atoms with Crippen molar-refractivity contribution in [3.8, 4) is 0 Å². The van der Waals surface area contributed by atoms with Crippen molar-refractivity contribution in [2.45, 2.75) is 76.7 Å². The Labute approximate surface area is 144 Å². The van der Waals surface area contributed by atoms with Crippen molar-refractivity contribution in [1.29, 1.82) is 0 Å². The minimum Gasteiger partial charge on any atom is -0.355 e. The molecule has 7 heteroatoms. The molecule has 7 nitrogen and oxygen atoms in total. The molecule has 0 aromatic carbocycles. The Hall–Kier alpha value is -1.59. The Kier molecular flexibility index (Phi) is 10.9. The molecule has 1 aliphatic rings. The number of hydrogen-bond donors (Lipinski definition) is 2. The third-order valence-corrected chi connectivity index (χ3v) is 4.64. The van der Waals surface area contributed by atoms with Crippen molar-refractivity contribution in [3.05, 3.63) is 10.4 Å². The molecule has 0 radical (unpaired) electrons. The van der Waals surface area contributed by atoms with Crippen LogP contribution < -0.4 is 11.1 Å². The molecule has 1 fully saturated rings. The van der Waals surface area contributed by atoms with Crippen LogP contribution in [0.4, 0.5) is 0 Å². The first kappa shape index (κ1) is 20.5. The predicted molar refractivity (Wildman–Crippen MR) is 94.3 cm³/mol. The van der Waals surface area contributed by atoms with Crippen molar-refractivity contribution in [3.63, 3.8) is 0 Å². The van der Waals surface area contributed by atoms with Crippen LogP contribution in [-0.2, 0) is 9.59 Å². The maximum atomic E-state index is 12.3. The number of nitrogens with one attached hydrogen (secondary N) is 1. The summed E-state index contributed by atoms with van der Waals surface area (Å²) < 4.78 is 0. The second-order valence-corrected chi connectivity index (χ2v) is 6.56. The molecule has 1 unspecified atom stereocenters. The molecule has 3 N–H and O–H groups in total. The molecule has 2 atom stereocenters. The average molecular weight is 337 g/mol. The topological polar surface area (TPSA) is 121 Å². The van der Waals surface area contributed by atoms with Crippen molar-refractivity contribution >= 4 is 11.7 Å². The van der Waals surface area contributed by atoms with E-state index >= 15 is 0 Å². The summed E-state index contributed by atoms with van der Waals surface area (Å²) in [6, 6.07) is -0.676. The predicted octanol–water partition coefficient (Wildman–Crippen LogP) is 3.23.